The minimum Gasteiger partial charge on any atom is -0.343 e. The molecule has 0 spiro atoms. The van der Waals surface area contributed by atoms with E-state index in [0.29, 0.717) is 0 Å². The fraction of sp³-hybridized carbons (Fsp3) is 0.231. The van der Waals surface area contributed by atoms with E-state index in [9.17, 15) is 31.5 Å². The Bertz CT molecular complexity index is 740. The Balaban J connectivity index is 2.11. The van der Waals surface area contributed by atoms with Gasteiger partial charge in [0.1, 0.15) is 0 Å². The molecule has 1 amide bonds. The van der Waals surface area contributed by atoms with Gasteiger partial charge in [-0.25, -0.2) is 8.78 Å². The lowest BCUT2D eigenvalue weighted by Gasteiger charge is -2.04. The van der Waals surface area contributed by atoms with Crippen LogP contribution in [0.4, 0.5) is 22.0 Å². The minimum atomic E-state index is -4.79. The van der Waals surface area contributed by atoms with E-state index in [1.54, 1.807) is 5.32 Å². The summed E-state index contributed by atoms with van der Waals surface area (Å²) in [5.41, 5.74) is -0.0242. The standard InChI is InChI=1S/C13H8F5N3O3/c14-8(15)5-19-11(23)9(22)6-1-3-7(4-2-6)10-20-12(24-21-10)13(16,17)18/h1-4,8H,5H2,(H,19,23). The molecule has 0 atom stereocenters. The molecule has 128 valence electrons. The summed E-state index contributed by atoms with van der Waals surface area (Å²) < 4.78 is 65.1. The van der Waals surface area contributed by atoms with Crippen LogP contribution in [0.1, 0.15) is 16.2 Å². The van der Waals surface area contributed by atoms with E-state index < -0.39 is 36.7 Å². The molecule has 0 bridgehead atoms. The fourth-order valence-electron chi connectivity index (χ4n) is 1.61. The highest BCUT2D eigenvalue weighted by molar-refractivity contribution is 6.42. The van der Waals surface area contributed by atoms with Gasteiger partial charge in [0, 0.05) is 11.1 Å². The van der Waals surface area contributed by atoms with Gasteiger partial charge < -0.3 is 9.84 Å². The molecule has 0 saturated carbocycles. The molecule has 2 aromatic rings. The Labute approximate surface area is 130 Å². The maximum atomic E-state index is 12.4. The van der Waals surface area contributed by atoms with Gasteiger partial charge >= 0.3 is 12.1 Å². The minimum absolute atomic E-state index is 0.110. The second-order valence-electron chi connectivity index (χ2n) is 4.43. The number of carbonyl (C=O) groups excluding carboxylic acids is 2. The molecule has 0 fully saturated rings. The molecule has 0 saturated heterocycles. The molecule has 24 heavy (non-hydrogen) atoms. The maximum Gasteiger partial charge on any atom is 0.471 e. The van der Waals surface area contributed by atoms with Crippen molar-refractivity contribution < 1.29 is 36.1 Å². The second kappa shape index (κ2) is 6.72. The first-order valence-electron chi connectivity index (χ1n) is 6.30. The molecule has 0 aliphatic rings. The number of Topliss-reactive ketones (excluding diaryl/α,β-unsaturated/α-hetero) is 1. The number of hydrogen-bond acceptors (Lipinski definition) is 5. The lowest BCUT2D eigenvalue weighted by Crippen LogP contribution is -2.34. The van der Waals surface area contributed by atoms with Crippen molar-refractivity contribution >= 4 is 11.7 Å². The summed E-state index contributed by atoms with van der Waals surface area (Å²) in [5, 5.41) is 4.90. The number of carbonyl (C=O) groups is 2. The van der Waals surface area contributed by atoms with Crippen molar-refractivity contribution in [3.05, 3.63) is 35.7 Å². The highest BCUT2D eigenvalue weighted by Gasteiger charge is 2.38. The number of hydrogen-bond donors (Lipinski definition) is 1. The molecule has 1 heterocycles. The van der Waals surface area contributed by atoms with Crippen LogP contribution in [0, 0.1) is 0 Å². The number of aromatic nitrogens is 2. The molecule has 0 aliphatic carbocycles. The van der Waals surface area contributed by atoms with Crippen LogP contribution in [0.15, 0.2) is 28.8 Å². The molecule has 1 aromatic heterocycles. The molecule has 0 unspecified atom stereocenters. The van der Waals surface area contributed by atoms with Gasteiger partial charge in [0.2, 0.25) is 11.6 Å². The monoisotopic (exact) mass is 349 g/mol. The first-order chi connectivity index (χ1) is 11.2. The number of benzene rings is 1. The maximum absolute atomic E-state index is 12.4. The molecule has 11 heteroatoms. The molecular formula is C13H8F5N3O3. The van der Waals surface area contributed by atoms with Crippen molar-refractivity contribution in [2.45, 2.75) is 12.6 Å². The summed E-state index contributed by atoms with van der Waals surface area (Å²) in [5.74, 6) is -4.17. The van der Waals surface area contributed by atoms with E-state index in [-0.39, 0.29) is 17.0 Å². The van der Waals surface area contributed by atoms with Gasteiger partial charge in [-0.1, -0.05) is 29.4 Å². The van der Waals surface area contributed by atoms with Crippen molar-refractivity contribution in [2.24, 2.45) is 0 Å². The molecular weight excluding hydrogens is 341 g/mol. The van der Waals surface area contributed by atoms with Crippen LogP contribution >= 0.6 is 0 Å². The second-order valence-corrected chi connectivity index (χ2v) is 4.43. The lowest BCUT2D eigenvalue weighted by molar-refractivity contribution is -0.159. The van der Waals surface area contributed by atoms with Gasteiger partial charge in [-0.3, -0.25) is 9.59 Å². The average Bonchev–Trinajstić information content (AvgIpc) is 3.02. The molecule has 1 N–H and O–H groups in total. The van der Waals surface area contributed by atoms with Crippen molar-refractivity contribution in [1.29, 1.82) is 0 Å². The number of ketones is 1. The Morgan fingerprint density at radius 3 is 2.29 bits per heavy atom. The fourth-order valence-corrected chi connectivity index (χ4v) is 1.61. The third-order valence-corrected chi connectivity index (χ3v) is 2.70. The number of rotatable bonds is 5. The van der Waals surface area contributed by atoms with Crippen molar-refractivity contribution in [3.8, 4) is 11.4 Å². The highest BCUT2D eigenvalue weighted by atomic mass is 19.4. The van der Waals surface area contributed by atoms with Crippen LogP contribution in [0.2, 0.25) is 0 Å². The van der Waals surface area contributed by atoms with Crippen LogP contribution < -0.4 is 5.32 Å². The highest BCUT2D eigenvalue weighted by Crippen LogP contribution is 2.29. The number of amides is 1. The van der Waals surface area contributed by atoms with Crippen LogP contribution in [0.5, 0.6) is 0 Å². The first kappa shape index (κ1) is 17.5. The summed E-state index contributed by atoms with van der Waals surface area (Å²) >= 11 is 0. The third kappa shape index (κ3) is 4.12. The molecule has 1 aromatic carbocycles. The van der Waals surface area contributed by atoms with E-state index in [1.807, 2.05) is 0 Å². The number of nitrogens with one attached hydrogen (secondary N) is 1. The van der Waals surface area contributed by atoms with Gasteiger partial charge in [-0.05, 0) is 0 Å². The van der Waals surface area contributed by atoms with Crippen molar-refractivity contribution in [1.82, 2.24) is 15.5 Å². The van der Waals surface area contributed by atoms with Gasteiger partial charge in [-0.2, -0.15) is 18.2 Å². The van der Waals surface area contributed by atoms with Crippen molar-refractivity contribution in [3.63, 3.8) is 0 Å². The van der Waals surface area contributed by atoms with Crippen LogP contribution in [0.25, 0.3) is 11.4 Å². The van der Waals surface area contributed by atoms with E-state index in [4.69, 9.17) is 0 Å². The average molecular weight is 349 g/mol. The van der Waals surface area contributed by atoms with E-state index >= 15 is 0 Å². The zero-order chi connectivity index (χ0) is 17.9. The summed E-state index contributed by atoms with van der Waals surface area (Å²) in [7, 11) is 0. The predicted octanol–water partition coefficient (Wildman–Crippen LogP) is 2.32. The lowest BCUT2D eigenvalue weighted by atomic mass is 10.1. The quantitative estimate of drug-likeness (QED) is 0.509. The molecule has 0 aliphatic heterocycles. The third-order valence-electron chi connectivity index (χ3n) is 2.70. The zero-order valence-electron chi connectivity index (χ0n) is 11.6. The van der Waals surface area contributed by atoms with Crippen LogP contribution in [-0.4, -0.2) is 34.8 Å². The van der Waals surface area contributed by atoms with Crippen molar-refractivity contribution in [2.75, 3.05) is 6.54 Å². The Kier molecular flexibility index (Phi) is 4.90. The molecule has 0 radical (unpaired) electrons. The summed E-state index contributed by atoms with van der Waals surface area (Å²) in [4.78, 5) is 26.2. The van der Waals surface area contributed by atoms with Crippen LogP contribution in [0.3, 0.4) is 0 Å². The van der Waals surface area contributed by atoms with E-state index in [1.165, 1.54) is 12.1 Å². The normalized spacial score (nSPS) is 11.6. The number of alkyl halides is 5. The molecule has 2 rings (SSSR count). The Morgan fingerprint density at radius 2 is 1.79 bits per heavy atom. The van der Waals surface area contributed by atoms with Gasteiger partial charge in [-0.15, -0.1) is 0 Å². The smallest absolute Gasteiger partial charge is 0.343 e. The zero-order valence-corrected chi connectivity index (χ0v) is 11.6. The Hall–Kier alpha value is -2.85. The molecule has 6 nitrogen and oxygen atoms in total. The predicted molar refractivity (Wildman–Crippen MR) is 68.1 cm³/mol. The largest absolute Gasteiger partial charge is 0.471 e. The van der Waals surface area contributed by atoms with Crippen LogP contribution in [-0.2, 0) is 11.0 Å². The Morgan fingerprint density at radius 1 is 1.17 bits per heavy atom. The first-order valence-corrected chi connectivity index (χ1v) is 6.30. The summed E-state index contributed by atoms with van der Waals surface area (Å²) in [6.45, 7) is -0.967. The number of halogens is 5. The van der Waals surface area contributed by atoms with E-state index in [2.05, 4.69) is 14.7 Å². The summed E-state index contributed by atoms with van der Waals surface area (Å²) in [6, 6.07) is 4.64. The van der Waals surface area contributed by atoms with Gasteiger partial charge in [0.25, 0.3) is 12.3 Å². The van der Waals surface area contributed by atoms with Gasteiger partial charge in [0.05, 0.1) is 6.54 Å². The number of nitrogens with zero attached hydrogens (tertiary/aromatic N) is 2. The van der Waals surface area contributed by atoms with E-state index in [0.717, 1.165) is 12.1 Å². The van der Waals surface area contributed by atoms with Gasteiger partial charge in [0.15, 0.2) is 0 Å². The summed E-state index contributed by atoms with van der Waals surface area (Å²) in [6.07, 6.45) is -7.59. The SMILES string of the molecule is O=C(NCC(F)F)C(=O)c1ccc(-c2noc(C(F)(F)F)n2)cc1. The topological polar surface area (TPSA) is 85.1 Å².